The fraction of sp³-hybridized carbons (Fsp3) is 0.407. The lowest BCUT2D eigenvalue weighted by atomic mass is 9.89. The maximum Gasteiger partial charge on any atom is 0.407 e. The summed E-state index contributed by atoms with van der Waals surface area (Å²) in [5, 5.41) is 12.3. The van der Waals surface area contributed by atoms with Gasteiger partial charge in [-0.15, -0.1) is 0 Å². The Morgan fingerprint density at radius 1 is 0.947 bits per heavy atom. The van der Waals surface area contributed by atoms with Crippen molar-refractivity contribution in [3.05, 3.63) is 64.4 Å². The smallest absolute Gasteiger partial charge is 0.407 e. The maximum absolute atomic E-state index is 13.1. The Morgan fingerprint density at radius 3 is 2.21 bits per heavy atom. The summed E-state index contributed by atoms with van der Waals surface area (Å²) >= 11 is 6.10. The molecule has 0 unspecified atom stereocenters. The lowest BCUT2D eigenvalue weighted by Gasteiger charge is -2.31. The van der Waals surface area contributed by atoms with Crippen LogP contribution in [-0.4, -0.2) is 77.4 Å². The molecule has 2 saturated heterocycles. The van der Waals surface area contributed by atoms with E-state index in [4.69, 9.17) is 21.4 Å². The van der Waals surface area contributed by atoms with E-state index in [-0.39, 0.29) is 41.6 Å². The molecule has 38 heavy (non-hydrogen) atoms. The van der Waals surface area contributed by atoms with Crippen molar-refractivity contribution in [3.8, 4) is 5.75 Å². The molecule has 0 bridgehead atoms. The first kappa shape index (κ1) is 27.4. The van der Waals surface area contributed by atoms with Gasteiger partial charge in [0.05, 0.1) is 5.56 Å². The summed E-state index contributed by atoms with van der Waals surface area (Å²) in [5.74, 6) is -1.16. The van der Waals surface area contributed by atoms with Crippen molar-refractivity contribution in [1.29, 1.82) is 0 Å². The van der Waals surface area contributed by atoms with Gasteiger partial charge in [0.25, 0.3) is 11.8 Å². The third-order valence-corrected chi connectivity index (χ3v) is 7.22. The highest BCUT2D eigenvalue weighted by Crippen LogP contribution is 2.25. The van der Waals surface area contributed by atoms with E-state index in [1.54, 1.807) is 11.0 Å². The molecule has 0 atom stereocenters. The van der Waals surface area contributed by atoms with Gasteiger partial charge >= 0.3 is 6.09 Å². The molecule has 0 aliphatic carbocycles. The van der Waals surface area contributed by atoms with Crippen LogP contribution < -0.4 is 10.1 Å². The van der Waals surface area contributed by atoms with E-state index in [9.17, 15) is 23.6 Å². The number of Topliss-reactive ketones (excluding diaryl/α,β-unsaturated/α-hetero) is 1. The summed E-state index contributed by atoms with van der Waals surface area (Å²) in [6, 6.07) is 9.85. The summed E-state index contributed by atoms with van der Waals surface area (Å²) in [6.07, 6.45) is 1.00. The first-order valence-corrected chi connectivity index (χ1v) is 12.9. The fourth-order valence-electron chi connectivity index (χ4n) is 4.76. The lowest BCUT2D eigenvalue weighted by Crippen LogP contribution is -2.46. The second kappa shape index (κ2) is 12.3. The number of hydrogen-bond donors (Lipinski definition) is 2. The predicted molar refractivity (Wildman–Crippen MR) is 137 cm³/mol. The molecule has 0 spiro atoms. The van der Waals surface area contributed by atoms with Crippen LogP contribution in [0.25, 0.3) is 0 Å². The van der Waals surface area contributed by atoms with Gasteiger partial charge in [0.1, 0.15) is 11.6 Å². The summed E-state index contributed by atoms with van der Waals surface area (Å²) in [6.45, 7) is 1.17. The molecule has 9 nitrogen and oxygen atoms in total. The average Bonchev–Trinajstić information content (AvgIpc) is 2.92. The Labute approximate surface area is 224 Å². The molecular formula is C27H29ClFN3O6. The Morgan fingerprint density at radius 2 is 1.58 bits per heavy atom. The Balaban J connectivity index is 1.29. The highest BCUT2D eigenvalue weighted by Gasteiger charge is 2.29. The van der Waals surface area contributed by atoms with Gasteiger partial charge in [0, 0.05) is 48.7 Å². The van der Waals surface area contributed by atoms with Crippen molar-refractivity contribution in [2.24, 2.45) is 5.92 Å². The second-order valence-corrected chi connectivity index (χ2v) is 9.91. The van der Waals surface area contributed by atoms with Crippen molar-refractivity contribution >= 4 is 35.3 Å². The van der Waals surface area contributed by atoms with Crippen molar-refractivity contribution in [2.45, 2.75) is 31.7 Å². The van der Waals surface area contributed by atoms with E-state index in [1.165, 1.54) is 41.3 Å². The SMILES string of the molecule is O=C(NC1CCN(C(=O)O)CC1)c1cc(Cl)ccc1OCC(=O)N1CCC(C(=O)c2ccc(F)cc2)CC1. The maximum atomic E-state index is 13.1. The number of nitrogens with one attached hydrogen (secondary N) is 1. The van der Waals surface area contributed by atoms with Crippen LogP contribution in [0.1, 0.15) is 46.4 Å². The highest BCUT2D eigenvalue weighted by molar-refractivity contribution is 6.31. The van der Waals surface area contributed by atoms with E-state index >= 15 is 0 Å². The molecule has 2 aromatic rings. The van der Waals surface area contributed by atoms with E-state index in [2.05, 4.69) is 5.32 Å². The number of carboxylic acid groups (broad SMARTS) is 1. The van der Waals surface area contributed by atoms with Crippen LogP contribution in [-0.2, 0) is 4.79 Å². The van der Waals surface area contributed by atoms with Gasteiger partial charge in [0.15, 0.2) is 12.4 Å². The molecule has 0 aromatic heterocycles. The van der Waals surface area contributed by atoms with Crippen molar-refractivity contribution in [1.82, 2.24) is 15.1 Å². The van der Waals surface area contributed by atoms with Crippen LogP contribution in [0.5, 0.6) is 5.75 Å². The number of amides is 3. The second-order valence-electron chi connectivity index (χ2n) is 9.47. The molecule has 2 aromatic carbocycles. The molecule has 2 fully saturated rings. The molecule has 2 aliphatic heterocycles. The molecule has 4 rings (SSSR count). The topological polar surface area (TPSA) is 116 Å². The standard InChI is InChI=1S/C27H29ClFN3O6/c28-19-3-6-23(22(15-19)26(35)30-21-9-13-32(14-10-21)27(36)37)38-16-24(33)31-11-7-18(8-12-31)25(34)17-1-4-20(29)5-2-17/h1-6,15,18,21H,7-14,16H2,(H,30,35)(H,36,37). The van der Waals surface area contributed by atoms with Gasteiger partial charge in [-0.05, 0) is 68.1 Å². The highest BCUT2D eigenvalue weighted by atomic mass is 35.5. The largest absolute Gasteiger partial charge is 0.483 e. The summed E-state index contributed by atoms with van der Waals surface area (Å²) in [7, 11) is 0. The number of nitrogens with zero attached hydrogens (tertiary/aromatic N) is 2. The number of carbonyl (C=O) groups is 4. The number of likely N-dealkylation sites (tertiary alicyclic amines) is 2. The minimum atomic E-state index is -0.978. The Bertz CT molecular complexity index is 1190. The van der Waals surface area contributed by atoms with E-state index in [0.717, 1.165) is 0 Å². The number of benzene rings is 2. The third-order valence-electron chi connectivity index (χ3n) is 6.99. The number of rotatable bonds is 7. The fourth-order valence-corrected chi connectivity index (χ4v) is 4.93. The van der Waals surface area contributed by atoms with Crippen LogP contribution in [0.4, 0.5) is 9.18 Å². The molecule has 2 aliphatic rings. The average molecular weight is 546 g/mol. The molecule has 202 valence electrons. The number of carbonyl (C=O) groups excluding carboxylic acids is 3. The van der Waals surface area contributed by atoms with E-state index in [0.29, 0.717) is 62.4 Å². The van der Waals surface area contributed by atoms with Crippen LogP contribution in [0.15, 0.2) is 42.5 Å². The zero-order chi connectivity index (χ0) is 27.2. The van der Waals surface area contributed by atoms with Crippen molar-refractivity contribution < 1.29 is 33.4 Å². The zero-order valence-electron chi connectivity index (χ0n) is 20.7. The lowest BCUT2D eigenvalue weighted by molar-refractivity contribution is -0.134. The summed E-state index contributed by atoms with van der Waals surface area (Å²) in [5.41, 5.74) is 0.648. The van der Waals surface area contributed by atoms with Gasteiger partial charge in [-0.3, -0.25) is 14.4 Å². The van der Waals surface area contributed by atoms with Gasteiger partial charge in [-0.25, -0.2) is 9.18 Å². The molecule has 2 heterocycles. The zero-order valence-corrected chi connectivity index (χ0v) is 21.5. The number of ketones is 1. The molecule has 0 saturated carbocycles. The number of ether oxygens (including phenoxy) is 1. The van der Waals surface area contributed by atoms with Crippen LogP contribution in [0.2, 0.25) is 5.02 Å². The normalized spacial score (nSPS) is 16.7. The Kier molecular flexibility index (Phi) is 8.83. The Hall–Kier alpha value is -3.66. The minimum absolute atomic E-state index is 0.0567. The first-order valence-electron chi connectivity index (χ1n) is 12.5. The molecule has 0 radical (unpaired) electrons. The quantitative estimate of drug-likeness (QED) is 0.511. The van der Waals surface area contributed by atoms with Crippen molar-refractivity contribution in [3.63, 3.8) is 0 Å². The van der Waals surface area contributed by atoms with Crippen molar-refractivity contribution in [2.75, 3.05) is 32.8 Å². The monoisotopic (exact) mass is 545 g/mol. The van der Waals surface area contributed by atoms with Gasteiger partial charge in [-0.2, -0.15) is 0 Å². The van der Waals surface area contributed by atoms with Crippen LogP contribution >= 0.6 is 11.6 Å². The van der Waals surface area contributed by atoms with E-state index < -0.39 is 17.8 Å². The molecule has 11 heteroatoms. The number of halogens is 2. The van der Waals surface area contributed by atoms with E-state index in [1.807, 2.05) is 0 Å². The minimum Gasteiger partial charge on any atom is -0.483 e. The number of piperidine rings is 2. The van der Waals surface area contributed by atoms with Gasteiger partial charge in [0.2, 0.25) is 0 Å². The predicted octanol–water partition coefficient (Wildman–Crippen LogP) is 3.85. The van der Waals surface area contributed by atoms with Gasteiger partial charge in [-0.1, -0.05) is 11.6 Å². The molecule has 2 N–H and O–H groups in total. The molecular weight excluding hydrogens is 517 g/mol. The third kappa shape index (κ3) is 6.80. The summed E-state index contributed by atoms with van der Waals surface area (Å²) < 4.78 is 18.9. The summed E-state index contributed by atoms with van der Waals surface area (Å²) in [4.78, 5) is 52.5. The first-order chi connectivity index (χ1) is 18.2. The van der Waals surface area contributed by atoms with Gasteiger partial charge < -0.3 is 25.0 Å². The molecule has 3 amide bonds. The van der Waals surface area contributed by atoms with Crippen LogP contribution in [0.3, 0.4) is 0 Å². The van der Waals surface area contributed by atoms with Crippen LogP contribution in [0, 0.1) is 11.7 Å². The number of hydrogen-bond acceptors (Lipinski definition) is 5.